The quantitative estimate of drug-likeness (QED) is 0.798. The lowest BCUT2D eigenvalue weighted by molar-refractivity contribution is -0.117. The van der Waals surface area contributed by atoms with Crippen LogP contribution in [0.15, 0.2) is 5.38 Å². The van der Waals surface area contributed by atoms with E-state index in [1.165, 1.54) is 37.3 Å². The number of anilines is 1. The lowest BCUT2D eigenvalue weighted by atomic mass is 10.3. The van der Waals surface area contributed by atoms with Crippen molar-refractivity contribution in [2.45, 2.75) is 26.2 Å². The summed E-state index contributed by atoms with van der Waals surface area (Å²) in [4.78, 5) is 23.6. The maximum Gasteiger partial charge on any atom is 0.224 e. The molecule has 0 bridgehead atoms. The van der Waals surface area contributed by atoms with Crippen LogP contribution in [-0.2, 0) is 11.2 Å². The molecule has 1 aliphatic heterocycles. The lowest BCUT2D eigenvalue weighted by Crippen LogP contribution is -2.25. The normalized spacial score (nSPS) is 15.2. The van der Waals surface area contributed by atoms with Gasteiger partial charge in [0.05, 0.1) is 22.7 Å². The fraction of sp³-hybridized carbons (Fsp3) is 0.533. The summed E-state index contributed by atoms with van der Waals surface area (Å²) in [6.45, 7) is 6.36. The van der Waals surface area contributed by atoms with Crippen LogP contribution in [0.2, 0.25) is 0 Å². The van der Waals surface area contributed by atoms with Crippen molar-refractivity contribution in [1.29, 1.82) is 0 Å². The van der Waals surface area contributed by atoms with Gasteiger partial charge in [-0.3, -0.25) is 4.79 Å². The van der Waals surface area contributed by atoms with Crippen LogP contribution in [0.3, 0.4) is 0 Å². The molecule has 0 radical (unpaired) electrons. The number of primary amides is 1. The number of aromatic nitrogens is 2. The zero-order chi connectivity index (χ0) is 16.2. The van der Waals surface area contributed by atoms with Crippen LogP contribution >= 0.6 is 22.7 Å². The van der Waals surface area contributed by atoms with E-state index >= 15 is 0 Å². The zero-order valence-electron chi connectivity index (χ0n) is 13.2. The Hall–Kier alpha value is -1.51. The van der Waals surface area contributed by atoms with Crippen LogP contribution in [0.1, 0.15) is 23.5 Å². The third-order valence-corrected chi connectivity index (χ3v) is 5.79. The first kappa shape index (κ1) is 16.4. The molecule has 0 spiro atoms. The van der Waals surface area contributed by atoms with Crippen LogP contribution < -0.4 is 11.1 Å². The number of aryl methyl sites for hydroxylation is 1. The molecular weight excluding hydrogens is 330 g/mol. The monoisotopic (exact) mass is 351 g/mol. The van der Waals surface area contributed by atoms with E-state index in [9.17, 15) is 4.79 Å². The molecule has 3 N–H and O–H groups in total. The largest absolute Gasteiger partial charge is 0.369 e. The number of hydrogen-bond acceptors (Lipinski definition) is 7. The molecule has 1 saturated heterocycles. The average molecular weight is 352 g/mol. The summed E-state index contributed by atoms with van der Waals surface area (Å²) in [5.74, 6) is -0.354. The molecule has 124 valence electrons. The van der Waals surface area contributed by atoms with Gasteiger partial charge in [0.15, 0.2) is 5.13 Å². The summed E-state index contributed by atoms with van der Waals surface area (Å²) in [6.07, 6.45) is 2.83. The first-order valence-corrected chi connectivity index (χ1v) is 9.48. The second-order valence-electron chi connectivity index (χ2n) is 5.68. The van der Waals surface area contributed by atoms with E-state index in [0.29, 0.717) is 0 Å². The molecule has 1 fully saturated rings. The topological polar surface area (TPSA) is 84.1 Å². The number of thiazole rings is 2. The van der Waals surface area contributed by atoms with Gasteiger partial charge in [-0.05, 0) is 32.9 Å². The molecule has 0 aliphatic carbocycles. The van der Waals surface area contributed by atoms with Gasteiger partial charge in [0.1, 0.15) is 5.01 Å². The highest BCUT2D eigenvalue weighted by Gasteiger charge is 2.15. The van der Waals surface area contributed by atoms with E-state index < -0.39 is 0 Å². The smallest absolute Gasteiger partial charge is 0.224 e. The number of hydrogen-bond donors (Lipinski definition) is 2. The van der Waals surface area contributed by atoms with Crippen molar-refractivity contribution in [1.82, 2.24) is 14.9 Å². The van der Waals surface area contributed by atoms with Gasteiger partial charge in [0, 0.05) is 18.5 Å². The Balaban J connectivity index is 1.59. The highest BCUT2D eigenvalue weighted by molar-refractivity contribution is 7.17. The Morgan fingerprint density at radius 1 is 1.39 bits per heavy atom. The fourth-order valence-electron chi connectivity index (χ4n) is 2.70. The molecule has 0 unspecified atom stereocenters. The van der Waals surface area contributed by atoms with Gasteiger partial charge in [-0.25, -0.2) is 9.97 Å². The van der Waals surface area contributed by atoms with Crippen LogP contribution in [0.4, 0.5) is 5.13 Å². The lowest BCUT2D eigenvalue weighted by Gasteiger charge is -2.14. The minimum Gasteiger partial charge on any atom is -0.369 e. The number of nitrogens with zero attached hydrogens (tertiary/aromatic N) is 3. The number of nitrogens with two attached hydrogens (primary N) is 1. The molecule has 3 rings (SSSR count). The summed E-state index contributed by atoms with van der Waals surface area (Å²) in [5.41, 5.74) is 7.06. The SMILES string of the molecule is Cc1nc(CC(N)=O)sc1-c1csc(NCCN2CCCC2)n1. The molecule has 3 heterocycles. The summed E-state index contributed by atoms with van der Waals surface area (Å²) in [7, 11) is 0. The summed E-state index contributed by atoms with van der Waals surface area (Å²) in [5, 5.41) is 7.12. The number of amides is 1. The standard InChI is InChI=1S/C15H21N5OS2/c1-10-14(23-13(18-10)8-12(16)21)11-9-22-15(19-11)17-4-7-20-5-2-3-6-20/h9H,2-8H2,1H3,(H2,16,21)(H,17,19). The maximum absolute atomic E-state index is 11.0. The van der Waals surface area contributed by atoms with E-state index in [1.54, 1.807) is 11.3 Å². The molecule has 1 aliphatic rings. The second-order valence-corrected chi connectivity index (χ2v) is 7.62. The Bertz CT molecular complexity index is 675. The molecule has 6 nitrogen and oxygen atoms in total. The van der Waals surface area contributed by atoms with Crippen molar-refractivity contribution in [3.05, 3.63) is 16.1 Å². The van der Waals surface area contributed by atoms with Crippen LogP contribution in [0.5, 0.6) is 0 Å². The first-order chi connectivity index (χ1) is 11.1. The summed E-state index contributed by atoms with van der Waals surface area (Å²) in [6, 6.07) is 0. The maximum atomic E-state index is 11.0. The van der Waals surface area contributed by atoms with Crippen molar-refractivity contribution in [2.75, 3.05) is 31.5 Å². The minimum absolute atomic E-state index is 0.191. The van der Waals surface area contributed by atoms with Crippen LogP contribution in [0, 0.1) is 6.92 Å². The second kappa shape index (κ2) is 7.37. The van der Waals surface area contributed by atoms with E-state index in [2.05, 4.69) is 20.2 Å². The molecule has 2 aromatic rings. The number of likely N-dealkylation sites (tertiary alicyclic amines) is 1. The van der Waals surface area contributed by atoms with E-state index in [0.717, 1.165) is 39.5 Å². The number of carbonyl (C=O) groups excluding carboxylic acids is 1. The zero-order valence-corrected chi connectivity index (χ0v) is 14.8. The van der Waals surface area contributed by atoms with Crippen molar-refractivity contribution >= 4 is 33.7 Å². The Kier molecular flexibility index (Phi) is 5.24. The van der Waals surface area contributed by atoms with Gasteiger partial charge in [-0.15, -0.1) is 22.7 Å². The van der Waals surface area contributed by atoms with Gasteiger partial charge in [0.25, 0.3) is 0 Å². The predicted molar refractivity (Wildman–Crippen MR) is 95.0 cm³/mol. The van der Waals surface area contributed by atoms with Gasteiger partial charge in [-0.1, -0.05) is 0 Å². The Labute approximate surface area is 143 Å². The number of rotatable bonds is 7. The third-order valence-electron chi connectivity index (χ3n) is 3.81. The van der Waals surface area contributed by atoms with Crippen molar-refractivity contribution in [2.24, 2.45) is 5.73 Å². The molecule has 8 heteroatoms. The molecule has 0 saturated carbocycles. The Morgan fingerprint density at radius 3 is 2.91 bits per heavy atom. The van der Waals surface area contributed by atoms with Gasteiger partial charge in [0.2, 0.25) is 5.91 Å². The summed E-state index contributed by atoms with van der Waals surface area (Å²) >= 11 is 3.10. The molecule has 1 amide bonds. The molecule has 23 heavy (non-hydrogen) atoms. The van der Waals surface area contributed by atoms with E-state index in [4.69, 9.17) is 5.73 Å². The summed E-state index contributed by atoms with van der Waals surface area (Å²) < 4.78 is 0. The highest BCUT2D eigenvalue weighted by atomic mass is 32.1. The van der Waals surface area contributed by atoms with E-state index in [1.807, 2.05) is 12.3 Å². The fourth-order valence-corrected chi connectivity index (χ4v) is 4.54. The van der Waals surface area contributed by atoms with Crippen molar-refractivity contribution in [3.63, 3.8) is 0 Å². The van der Waals surface area contributed by atoms with Crippen molar-refractivity contribution < 1.29 is 4.79 Å². The van der Waals surface area contributed by atoms with Crippen molar-refractivity contribution in [3.8, 4) is 10.6 Å². The number of nitrogens with one attached hydrogen (secondary N) is 1. The molecule has 0 aromatic carbocycles. The molecule has 2 aromatic heterocycles. The van der Waals surface area contributed by atoms with E-state index in [-0.39, 0.29) is 12.3 Å². The average Bonchev–Trinajstić information content (AvgIpc) is 3.20. The van der Waals surface area contributed by atoms with Gasteiger partial charge < -0.3 is 16.0 Å². The Morgan fingerprint density at radius 2 is 2.17 bits per heavy atom. The van der Waals surface area contributed by atoms with Crippen LogP contribution in [-0.4, -0.2) is 47.0 Å². The number of carbonyl (C=O) groups is 1. The first-order valence-electron chi connectivity index (χ1n) is 7.78. The minimum atomic E-state index is -0.354. The molecular formula is C15H21N5OS2. The highest BCUT2D eigenvalue weighted by Crippen LogP contribution is 2.32. The van der Waals surface area contributed by atoms with Crippen LogP contribution in [0.25, 0.3) is 10.6 Å². The third kappa shape index (κ3) is 4.27. The van der Waals surface area contributed by atoms with Gasteiger partial charge in [-0.2, -0.15) is 0 Å². The molecule has 0 atom stereocenters. The van der Waals surface area contributed by atoms with Gasteiger partial charge >= 0.3 is 0 Å². The predicted octanol–water partition coefficient (Wildman–Crippen LogP) is 2.11.